The number of anilines is 3. The third kappa shape index (κ3) is 3.41. The molecule has 0 bridgehead atoms. The van der Waals surface area contributed by atoms with E-state index in [1.165, 1.54) is 33.3 Å². The second-order valence-corrected chi connectivity index (χ2v) is 10.0. The third-order valence-electron chi connectivity index (χ3n) is 7.78. The highest BCUT2D eigenvalue weighted by Crippen LogP contribution is 2.54. The molecule has 40 heavy (non-hydrogen) atoms. The second kappa shape index (κ2) is 9.11. The smallest absolute Gasteiger partial charge is 0.0703 e. The highest BCUT2D eigenvalue weighted by atomic mass is 15.2. The van der Waals surface area contributed by atoms with Crippen LogP contribution >= 0.6 is 0 Å². The first-order valence-electron chi connectivity index (χ1n) is 13.6. The van der Waals surface area contributed by atoms with Gasteiger partial charge >= 0.3 is 0 Å². The van der Waals surface area contributed by atoms with Crippen molar-refractivity contribution in [3.05, 3.63) is 152 Å². The van der Waals surface area contributed by atoms with E-state index in [1.54, 1.807) is 0 Å². The van der Waals surface area contributed by atoms with Crippen LogP contribution < -0.4 is 4.90 Å². The van der Waals surface area contributed by atoms with Gasteiger partial charge in [0.05, 0.1) is 40.2 Å². The van der Waals surface area contributed by atoms with Crippen molar-refractivity contribution in [1.82, 2.24) is 9.55 Å². The van der Waals surface area contributed by atoms with Crippen LogP contribution in [0.1, 0.15) is 0 Å². The molecule has 8 rings (SSSR count). The molecule has 0 amide bonds. The van der Waals surface area contributed by atoms with Crippen LogP contribution in [0.25, 0.3) is 50.2 Å². The number of hydrogen-bond donors (Lipinski definition) is 0. The Labute approximate surface area is 233 Å². The quantitative estimate of drug-likeness (QED) is 0.235. The number of benzene rings is 5. The molecule has 0 atom stereocenters. The van der Waals surface area contributed by atoms with Crippen LogP contribution in [0, 0.1) is 0 Å². The van der Waals surface area contributed by atoms with Gasteiger partial charge in [-0.25, -0.2) is 0 Å². The lowest BCUT2D eigenvalue weighted by atomic mass is 9.98. The minimum absolute atomic E-state index is 0.963. The summed E-state index contributed by atoms with van der Waals surface area (Å²) in [5, 5.41) is 1.24. The molecule has 0 fully saturated rings. The maximum Gasteiger partial charge on any atom is 0.0703 e. The molecule has 0 saturated carbocycles. The van der Waals surface area contributed by atoms with E-state index in [0.717, 1.165) is 34.0 Å². The predicted molar refractivity (Wildman–Crippen MR) is 166 cm³/mol. The molecule has 0 spiro atoms. The molecule has 3 nitrogen and oxygen atoms in total. The van der Waals surface area contributed by atoms with Crippen molar-refractivity contribution in [2.75, 3.05) is 4.90 Å². The Morgan fingerprint density at radius 2 is 1.10 bits per heavy atom. The molecule has 1 aliphatic heterocycles. The van der Waals surface area contributed by atoms with E-state index in [-0.39, 0.29) is 0 Å². The van der Waals surface area contributed by atoms with Gasteiger partial charge in [-0.15, -0.1) is 0 Å². The highest BCUT2D eigenvalue weighted by Gasteiger charge is 2.31. The second-order valence-electron chi connectivity index (χ2n) is 10.0. The van der Waals surface area contributed by atoms with Crippen molar-refractivity contribution in [3.8, 4) is 39.3 Å². The molecule has 0 radical (unpaired) electrons. The van der Waals surface area contributed by atoms with E-state index in [4.69, 9.17) is 4.98 Å². The molecule has 188 valence electrons. The fourth-order valence-electron chi connectivity index (χ4n) is 6.07. The molecule has 1 aliphatic rings. The largest absolute Gasteiger partial charge is 0.309 e. The lowest BCUT2D eigenvalue weighted by molar-refractivity contribution is 1.13. The summed E-state index contributed by atoms with van der Waals surface area (Å²) in [7, 11) is 0. The van der Waals surface area contributed by atoms with Gasteiger partial charge in [0.15, 0.2) is 0 Å². The Bertz CT molecular complexity index is 1990. The Morgan fingerprint density at radius 1 is 0.475 bits per heavy atom. The van der Waals surface area contributed by atoms with Crippen molar-refractivity contribution in [2.24, 2.45) is 0 Å². The minimum Gasteiger partial charge on any atom is -0.309 e. The zero-order valence-corrected chi connectivity index (χ0v) is 21.8. The summed E-state index contributed by atoms with van der Waals surface area (Å²) in [6.45, 7) is 0. The number of pyridine rings is 1. The van der Waals surface area contributed by atoms with Gasteiger partial charge in [0, 0.05) is 33.3 Å². The topological polar surface area (TPSA) is 21.1 Å². The summed E-state index contributed by atoms with van der Waals surface area (Å²) >= 11 is 0. The highest BCUT2D eigenvalue weighted by molar-refractivity contribution is 6.12. The molecular weight excluding hydrogens is 486 g/mol. The van der Waals surface area contributed by atoms with Gasteiger partial charge in [-0.2, -0.15) is 0 Å². The van der Waals surface area contributed by atoms with Crippen LogP contribution in [0.5, 0.6) is 0 Å². The van der Waals surface area contributed by atoms with Gasteiger partial charge in [-0.05, 0) is 42.5 Å². The normalized spacial score (nSPS) is 11.9. The molecule has 0 N–H and O–H groups in total. The number of aromatic nitrogens is 2. The Kier molecular flexibility index (Phi) is 5.14. The molecule has 3 heterocycles. The lowest BCUT2D eigenvalue weighted by Gasteiger charge is -2.27. The van der Waals surface area contributed by atoms with Gasteiger partial charge < -0.3 is 9.47 Å². The number of hydrogen-bond acceptors (Lipinski definition) is 2. The molecule has 2 aromatic heterocycles. The summed E-state index contributed by atoms with van der Waals surface area (Å²) < 4.78 is 2.42. The summed E-state index contributed by atoms with van der Waals surface area (Å²) in [5.74, 6) is 0. The third-order valence-corrected chi connectivity index (χ3v) is 7.78. The van der Waals surface area contributed by atoms with Crippen molar-refractivity contribution in [1.29, 1.82) is 0 Å². The van der Waals surface area contributed by atoms with E-state index in [2.05, 4.69) is 149 Å². The van der Waals surface area contributed by atoms with E-state index in [1.807, 2.05) is 12.3 Å². The summed E-state index contributed by atoms with van der Waals surface area (Å²) in [4.78, 5) is 7.26. The number of nitrogens with zero attached hydrogens (tertiary/aromatic N) is 3. The fourth-order valence-corrected chi connectivity index (χ4v) is 6.07. The fraction of sp³-hybridized carbons (Fsp3) is 0. The van der Waals surface area contributed by atoms with Crippen molar-refractivity contribution < 1.29 is 0 Å². The average molecular weight is 512 g/mol. The lowest BCUT2D eigenvalue weighted by Crippen LogP contribution is -2.11. The molecular formula is C37H25N3. The maximum atomic E-state index is 4.91. The van der Waals surface area contributed by atoms with Gasteiger partial charge in [0.2, 0.25) is 0 Å². The van der Waals surface area contributed by atoms with Gasteiger partial charge in [-0.3, -0.25) is 4.98 Å². The predicted octanol–water partition coefficient (Wildman–Crippen LogP) is 9.81. The number of fused-ring (bicyclic) bond motifs is 7. The average Bonchev–Trinajstić information content (AvgIpc) is 3.31. The van der Waals surface area contributed by atoms with Crippen LogP contribution in [0.2, 0.25) is 0 Å². The summed E-state index contributed by atoms with van der Waals surface area (Å²) in [6.07, 6.45) is 2.00. The van der Waals surface area contributed by atoms with Gasteiger partial charge in [0.1, 0.15) is 0 Å². The van der Waals surface area contributed by atoms with E-state index in [9.17, 15) is 0 Å². The Balaban J connectivity index is 1.44. The van der Waals surface area contributed by atoms with Gasteiger partial charge in [0.25, 0.3) is 0 Å². The standard InChI is InChI=1S/C37H25N3/c1-3-13-26(14-4-1)32-24-23-28(25-38-32)39-33-20-10-7-17-29(33)36-30-18-8-11-21-34(30)40(27-15-5-2-6-16-27)37(36)31-19-9-12-22-35(31)39/h1-25H. The van der Waals surface area contributed by atoms with Crippen LogP contribution in [-0.2, 0) is 0 Å². The minimum atomic E-state index is 0.963. The molecule has 5 aromatic carbocycles. The molecule has 0 unspecified atom stereocenters. The first-order valence-corrected chi connectivity index (χ1v) is 13.6. The zero-order chi connectivity index (χ0) is 26.5. The summed E-state index contributed by atoms with van der Waals surface area (Å²) in [5.41, 5.74) is 12.5. The van der Waals surface area contributed by atoms with Crippen LogP contribution in [0.3, 0.4) is 0 Å². The molecule has 0 aliphatic carbocycles. The van der Waals surface area contributed by atoms with E-state index in [0.29, 0.717) is 0 Å². The van der Waals surface area contributed by atoms with Crippen LogP contribution in [0.4, 0.5) is 17.1 Å². The molecule has 3 heteroatoms. The van der Waals surface area contributed by atoms with Crippen LogP contribution in [-0.4, -0.2) is 9.55 Å². The van der Waals surface area contributed by atoms with E-state index < -0.39 is 0 Å². The monoisotopic (exact) mass is 511 g/mol. The van der Waals surface area contributed by atoms with Crippen molar-refractivity contribution in [2.45, 2.75) is 0 Å². The van der Waals surface area contributed by atoms with Crippen molar-refractivity contribution >= 4 is 28.0 Å². The molecule has 7 aromatic rings. The Morgan fingerprint density at radius 3 is 1.85 bits per heavy atom. The first kappa shape index (κ1) is 22.6. The Hall–Kier alpha value is -5.41. The number of para-hydroxylation sites is 4. The number of rotatable bonds is 3. The zero-order valence-electron chi connectivity index (χ0n) is 21.8. The van der Waals surface area contributed by atoms with Crippen LogP contribution in [0.15, 0.2) is 152 Å². The maximum absolute atomic E-state index is 4.91. The van der Waals surface area contributed by atoms with Gasteiger partial charge in [-0.1, -0.05) is 103 Å². The SMILES string of the molecule is c1ccc(-c2ccc(N3c4ccccc4-c4c(n(-c5ccccc5)c5ccccc45)-c4ccccc43)cn2)cc1. The first-order chi connectivity index (χ1) is 19.9. The summed E-state index contributed by atoms with van der Waals surface area (Å²) in [6, 6.07) is 51.5. The van der Waals surface area contributed by atoms with Crippen molar-refractivity contribution in [3.63, 3.8) is 0 Å². The molecule has 0 saturated heterocycles. The van der Waals surface area contributed by atoms with E-state index >= 15 is 0 Å².